The lowest BCUT2D eigenvalue weighted by atomic mass is 9.96. The van der Waals surface area contributed by atoms with Crippen molar-refractivity contribution in [2.45, 2.75) is 50.4 Å². The van der Waals surface area contributed by atoms with Crippen molar-refractivity contribution < 1.29 is 14.3 Å². The van der Waals surface area contributed by atoms with Crippen LogP contribution in [-0.4, -0.2) is 26.9 Å². The quantitative estimate of drug-likeness (QED) is 0.736. The van der Waals surface area contributed by atoms with Crippen LogP contribution in [-0.2, 0) is 11.3 Å². The Balaban J connectivity index is 1.58. The fourth-order valence-corrected chi connectivity index (χ4v) is 4.65. The Kier molecular flexibility index (Phi) is 4.14. The summed E-state index contributed by atoms with van der Waals surface area (Å²) in [5.74, 6) is 1.30. The molecule has 3 aromatic rings. The van der Waals surface area contributed by atoms with Crippen LogP contribution in [0.5, 0.6) is 0 Å². The summed E-state index contributed by atoms with van der Waals surface area (Å²) in [7, 11) is 0. The van der Waals surface area contributed by atoms with Crippen LogP contribution in [0.1, 0.15) is 43.9 Å². The molecule has 1 saturated heterocycles. The summed E-state index contributed by atoms with van der Waals surface area (Å²) < 4.78 is 14.4. The third-order valence-electron chi connectivity index (χ3n) is 5.99. The molecule has 0 unspecified atom stereocenters. The summed E-state index contributed by atoms with van der Waals surface area (Å²) in [5, 5.41) is 9.42. The van der Waals surface area contributed by atoms with Crippen LogP contribution < -0.4 is 0 Å². The Morgan fingerprint density at radius 3 is 2.67 bits per heavy atom. The van der Waals surface area contributed by atoms with Crippen LogP contribution >= 0.6 is 0 Å². The van der Waals surface area contributed by atoms with Gasteiger partial charge in [-0.1, -0.05) is 43.2 Å². The molecule has 2 fully saturated rings. The largest absolute Gasteiger partial charge is 0.457 e. The standard InChI is InChI=1S/C22H24N2O3/c25-13-18-8-9-19(27-18)21-20(16-6-2-1-3-7-16)23-15-24(21)17-12-22(26-14-17)10-4-5-11-22/h1-3,6-9,15,17,25H,4-5,10-14H2/t17-/m0/s1. The molecule has 27 heavy (non-hydrogen) atoms. The fourth-order valence-electron chi connectivity index (χ4n) is 4.65. The van der Waals surface area contributed by atoms with E-state index in [0.29, 0.717) is 12.4 Å². The predicted molar refractivity (Wildman–Crippen MR) is 102 cm³/mol. The summed E-state index contributed by atoms with van der Waals surface area (Å²) in [6.07, 6.45) is 7.79. The van der Waals surface area contributed by atoms with Gasteiger partial charge >= 0.3 is 0 Å². The molecule has 2 aliphatic rings. The van der Waals surface area contributed by atoms with Crippen LogP contribution in [0.4, 0.5) is 0 Å². The maximum absolute atomic E-state index is 9.42. The van der Waals surface area contributed by atoms with Gasteiger partial charge in [0, 0.05) is 5.56 Å². The topological polar surface area (TPSA) is 60.4 Å². The number of aliphatic hydroxyl groups excluding tert-OH is 1. The minimum atomic E-state index is -0.107. The maximum atomic E-state index is 9.42. The van der Waals surface area contributed by atoms with Crippen molar-refractivity contribution in [2.75, 3.05) is 6.61 Å². The van der Waals surface area contributed by atoms with E-state index < -0.39 is 0 Å². The predicted octanol–water partition coefficient (Wildman–Crippen LogP) is 4.58. The molecule has 1 aliphatic heterocycles. The molecule has 0 amide bonds. The Hall–Kier alpha value is -2.37. The first-order valence-corrected chi connectivity index (χ1v) is 9.74. The van der Waals surface area contributed by atoms with E-state index in [4.69, 9.17) is 14.1 Å². The van der Waals surface area contributed by atoms with Crippen molar-refractivity contribution in [1.82, 2.24) is 9.55 Å². The van der Waals surface area contributed by atoms with E-state index in [2.05, 4.69) is 16.7 Å². The van der Waals surface area contributed by atoms with Crippen LogP contribution in [0, 0.1) is 0 Å². The molecular formula is C22H24N2O3. The second kappa shape index (κ2) is 6.66. The molecule has 0 radical (unpaired) electrons. The highest BCUT2D eigenvalue weighted by atomic mass is 16.5. The molecule has 5 heteroatoms. The van der Waals surface area contributed by atoms with E-state index in [0.717, 1.165) is 42.0 Å². The van der Waals surface area contributed by atoms with Gasteiger partial charge in [-0.2, -0.15) is 0 Å². The summed E-state index contributed by atoms with van der Waals surface area (Å²) >= 11 is 0. The summed E-state index contributed by atoms with van der Waals surface area (Å²) in [4.78, 5) is 4.74. The number of hydrogen-bond donors (Lipinski definition) is 1. The van der Waals surface area contributed by atoms with E-state index in [9.17, 15) is 5.11 Å². The summed E-state index contributed by atoms with van der Waals surface area (Å²) in [6, 6.07) is 14.2. The molecule has 1 spiro atoms. The smallest absolute Gasteiger partial charge is 0.153 e. The van der Waals surface area contributed by atoms with Gasteiger partial charge in [0.2, 0.25) is 0 Å². The van der Waals surface area contributed by atoms with Gasteiger partial charge < -0.3 is 18.8 Å². The van der Waals surface area contributed by atoms with Crippen LogP contribution in [0.3, 0.4) is 0 Å². The SMILES string of the molecule is OCc1ccc(-c2c(-c3ccccc3)ncn2[C@@H]2COC3(CCCC3)C2)o1. The number of rotatable bonds is 4. The second-order valence-corrected chi connectivity index (χ2v) is 7.70. The Morgan fingerprint density at radius 2 is 1.93 bits per heavy atom. The summed E-state index contributed by atoms with van der Waals surface area (Å²) in [6.45, 7) is 0.607. The number of benzene rings is 1. The van der Waals surface area contributed by atoms with Crippen LogP contribution in [0.25, 0.3) is 22.7 Å². The van der Waals surface area contributed by atoms with E-state index >= 15 is 0 Å². The van der Waals surface area contributed by atoms with E-state index in [1.807, 2.05) is 36.7 Å². The van der Waals surface area contributed by atoms with Crippen molar-refractivity contribution in [3.05, 3.63) is 54.6 Å². The van der Waals surface area contributed by atoms with Crippen molar-refractivity contribution in [3.63, 3.8) is 0 Å². The monoisotopic (exact) mass is 364 g/mol. The molecule has 5 nitrogen and oxygen atoms in total. The van der Waals surface area contributed by atoms with Gasteiger partial charge in [0.05, 0.1) is 30.3 Å². The number of imidazole rings is 1. The Morgan fingerprint density at radius 1 is 1.11 bits per heavy atom. The average Bonchev–Trinajstić information content (AvgIpc) is 3.50. The normalized spacial score (nSPS) is 21.3. The molecular weight excluding hydrogens is 340 g/mol. The van der Waals surface area contributed by atoms with Crippen molar-refractivity contribution in [3.8, 4) is 22.7 Å². The zero-order valence-corrected chi connectivity index (χ0v) is 15.3. The highest BCUT2D eigenvalue weighted by Gasteiger charge is 2.43. The lowest BCUT2D eigenvalue weighted by Crippen LogP contribution is -2.23. The number of nitrogens with zero attached hydrogens (tertiary/aromatic N) is 2. The van der Waals surface area contributed by atoms with E-state index in [-0.39, 0.29) is 18.2 Å². The zero-order chi connectivity index (χ0) is 18.3. The number of aliphatic hydroxyl groups is 1. The highest BCUT2D eigenvalue weighted by molar-refractivity contribution is 5.76. The highest BCUT2D eigenvalue weighted by Crippen LogP contribution is 2.46. The molecule has 2 aromatic heterocycles. The third-order valence-corrected chi connectivity index (χ3v) is 5.99. The lowest BCUT2D eigenvalue weighted by molar-refractivity contribution is 0.00959. The first-order chi connectivity index (χ1) is 13.3. The molecule has 1 aliphatic carbocycles. The minimum absolute atomic E-state index is 0.0541. The minimum Gasteiger partial charge on any atom is -0.457 e. The molecule has 140 valence electrons. The van der Waals surface area contributed by atoms with Gasteiger partial charge in [0.25, 0.3) is 0 Å². The zero-order valence-electron chi connectivity index (χ0n) is 15.3. The molecule has 1 atom stereocenters. The Labute approximate surface area is 158 Å². The van der Waals surface area contributed by atoms with Gasteiger partial charge in [-0.15, -0.1) is 0 Å². The van der Waals surface area contributed by atoms with Crippen molar-refractivity contribution in [2.24, 2.45) is 0 Å². The second-order valence-electron chi connectivity index (χ2n) is 7.70. The van der Waals surface area contributed by atoms with Gasteiger partial charge in [-0.25, -0.2) is 4.98 Å². The van der Waals surface area contributed by atoms with Crippen LogP contribution in [0.2, 0.25) is 0 Å². The molecule has 0 bridgehead atoms. The van der Waals surface area contributed by atoms with Crippen LogP contribution in [0.15, 0.2) is 53.2 Å². The molecule has 5 rings (SSSR count). The first kappa shape index (κ1) is 16.8. The van der Waals surface area contributed by atoms with Crippen molar-refractivity contribution in [1.29, 1.82) is 0 Å². The van der Waals surface area contributed by atoms with Gasteiger partial charge in [-0.3, -0.25) is 0 Å². The average molecular weight is 364 g/mol. The van der Waals surface area contributed by atoms with Gasteiger partial charge in [0.15, 0.2) is 5.76 Å². The molecule has 1 N–H and O–H groups in total. The third kappa shape index (κ3) is 2.91. The molecule has 1 aromatic carbocycles. The molecule has 1 saturated carbocycles. The number of aromatic nitrogens is 2. The maximum Gasteiger partial charge on any atom is 0.153 e. The van der Waals surface area contributed by atoms with Gasteiger partial charge in [0.1, 0.15) is 18.1 Å². The fraction of sp³-hybridized carbons (Fsp3) is 0.409. The van der Waals surface area contributed by atoms with Gasteiger partial charge in [-0.05, 0) is 31.4 Å². The number of ether oxygens (including phenoxy) is 1. The first-order valence-electron chi connectivity index (χ1n) is 9.74. The van der Waals surface area contributed by atoms with E-state index in [1.165, 1.54) is 12.8 Å². The van der Waals surface area contributed by atoms with Crippen molar-refractivity contribution >= 4 is 0 Å². The Bertz CT molecular complexity index is 922. The number of hydrogen-bond acceptors (Lipinski definition) is 4. The summed E-state index contributed by atoms with van der Waals surface area (Å²) in [5.41, 5.74) is 2.98. The molecule has 3 heterocycles. The van der Waals surface area contributed by atoms with E-state index in [1.54, 1.807) is 0 Å². The number of furan rings is 1. The lowest BCUT2D eigenvalue weighted by Gasteiger charge is -2.22.